The van der Waals surface area contributed by atoms with E-state index in [9.17, 15) is 10.1 Å². The zero-order valence-electron chi connectivity index (χ0n) is 8.91. The van der Waals surface area contributed by atoms with E-state index in [1.165, 1.54) is 0 Å². The highest BCUT2D eigenvalue weighted by Crippen LogP contribution is 2.25. The maximum Gasteiger partial charge on any atom is 0.249 e. The summed E-state index contributed by atoms with van der Waals surface area (Å²) in [6, 6.07) is 5.24. The normalized spacial score (nSPS) is 11.9. The lowest BCUT2D eigenvalue weighted by Crippen LogP contribution is -2.05. The van der Waals surface area contributed by atoms with Gasteiger partial charge in [0.1, 0.15) is 0 Å². The molecule has 0 atom stereocenters. The Kier molecular flexibility index (Phi) is 4.50. The van der Waals surface area contributed by atoms with Crippen LogP contribution in [0.3, 0.4) is 0 Å². The van der Waals surface area contributed by atoms with E-state index < -0.39 is 0 Å². The van der Waals surface area contributed by atoms with E-state index in [-0.39, 0.29) is 16.5 Å². The summed E-state index contributed by atoms with van der Waals surface area (Å²) in [7, 11) is 0. The Morgan fingerprint density at radius 2 is 2.19 bits per heavy atom. The van der Waals surface area contributed by atoms with Gasteiger partial charge in [0, 0.05) is 16.5 Å². The topological polar surface area (TPSA) is 43.1 Å². The Bertz CT molecular complexity index is 444. The van der Waals surface area contributed by atoms with Crippen LogP contribution >= 0.6 is 27.5 Å². The van der Waals surface area contributed by atoms with Gasteiger partial charge in [-0.3, -0.25) is 10.1 Å². The smallest absolute Gasteiger partial charge is 0.249 e. The van der Waals surface area contributed by atoms with Crippen molar-refractivity contribution in [1.82, 2.24) is 0 Å². The summed E-state index contributed by atoms with van der Waals surface area (Å²) in [5.74, 6) is -0.127. The molecule has 0 N–H and O–H groups in total. The minimum absolute atomic E-state index is 0.127. The van der Waals surface area contributed by atoms with E-state index in [4.69, 9.17) is 11.6 Å². The second-order valence-corrected chi connectivity index (χ2v) is 4.92. The number of rotatable bonds is 3. The highest BCUT2D eigenvalue weighted by Gasteiger charge is 2.15. The van der Waals surface area contributed by atoms with Gasteiger partial charge in [-0.25, -0.2) is 0 Å². The van der Waals surface area contributed by atoms with Crippen LogP contribution in [0.15, 0.2) is 28.4 Å². The third-order valence-corrected chi connectivity index (χ3v) is 3.29. The van der Waals surface area contributed by atoms with Crippen molar-refractivity contribution >= 4 is 33.6 Å². The third-order valence-electron chi connectivity index (χ3n) is 2.06. The van der Waals surface area contributed by atoms with E-state index >= 15 is 0 Å². The largest absolute Gasteiger partial charge is 0.259 e. The molecule has 0 amide bonds. The molecule has 0 aliphatic heterocycles. The fourth-order valence-electron chi connectivity index (χ4n) is 1.20. The third kappa shape index (κ3) is 3.32. The first-order valence-corrected chi connectivity index (χ1v) is 5.90. The molecule has 1 aromatic carbocycles. The molecule has 0 radical (unpaired) electrons. The van der Waals surface area contributed by atoms with Crippen LogP contribution in [0.2, 0.25) is 5.02 Å². The standard InChI is InChI=1S/C11H11BrClNO2/c1-7(2)11(14(15)16)6-8-3-4-9(12)10(13)5-8/h3-7H,1-2H3/b11-6-. The molecule has 16 heavy (non-hydrogen) atoms. The fourth-order valence-corrected chi connectivity index (χ4v) is 1.64. The molecule has 0 heterocycles. The molecule has 86 valence electrons. The summed E-state index contributed by atoms with van der Waals surface area (Å²) < 4.78 is 0.776. The van der Waals surface area contributed by atoms with E-state index in [0.717, 1.165) is 10.0 Å². The quantitative estimate of drug-likeness (QED) is 0.614. The fraction of sp³-hybridized carbons (Fsp3) is 0.273. The number of benzene rings is 1. The number of hydrogen-bond acceptors (Lipinski definition) is 2. The Morgan fingerprint density at radius 3 is 2.62 bits per heavy atom. The zero-order valence-corrected chi connectivity index (χ0v) is 11.2. The van der Waals surface area contributed by atoms with Crippen LogP contribution in [-0.4, -0.2) is 4.92 Å². The molecule has 0 saturated carbocycles. The molecule has 5 heteroatoms. The van der Waals surface area contributed by atoms with E-state index in [2.05, 4.69) is 15.9 Å². The SMILES string of the molecule is CC(C)/C(=C/c1ccc(Br)c(Cl)c1)[N+](=O)[O-]. The second kappa shape index (κ2) is 5.46. The lowest BCUT2D eigenvalue weighted by molar-refractivity contribution is -0.431. The highest BCUT2D eigenvalue weighted by atomic mass is 79.9. The first kappa shape index (κ1) is 13.2. The maximum absolute atomic E-state index is 10.8. The number of nitro groups is 1. The molecular weight excluding hydrogens is 293 g/mol. The molecule has 0 fully saturated rings. The molecule has 3 nitrogen and oxygen atoms in total. The van der Waals surface area contributed by atoms with Crippen molar-refractivity contribution in [1.29, 1.82) is 0 Å². The molecule has 0 saturated heterocycles. The summed E-state index contributed by atoms with van der Waals surface area (Å²) in [5.41, 5.74) is 0.909. The van der Waals surface area contributed by atoms with Gasteiger partial charge in [-0.05, 0) is 33.6 Å². The average molecular weight is 305 g/mol. The Morgan fingerprint density at radius 1 is 1.56 bits per heavy atom. The van der Waals surface area contributed by atoms with Crippen molar-refractivity contribution < 1.29 is 4.92 Å². The van der Waals surface area contributed by atoms with E-state index in [1.807, 2.05) is 0 Å². The van der Waals surface area contributed by atoms with Crippen LogP contribution in [0, 0.1) is 16.0 Å². The molecule has 1 rings (SSSR count). The summed E-state index contributed by atoms with van der Waals surface area (Å²) in [6.07, 6.45) is 1.54. The molecule has 0 aromatic heterocycles. The van der Waals surface area contributed by atoms with Crippen molar-refractivity contribution in [2.24, 2.45) is 5.92 Å². The van der Waals surface area contributed by atoms with Crippen molar-refractivity contribution in [3.63, 3.8) is 0 Å². The first-order valence-electron chi connectivity index (χ1n) is 4.73. The molecule has 0 unspecified atom stereocenters. The monoisotopic (exact) mass is 303 g/mol. The summed E-state index contributed by atoms with van der Waals surface area (Å²) in [4.78, 5) is 10.4. The minimum atomic E-state index is -0.360. The zero-order chi connectivity index (χ0) is 12.3. The Balaban J connectivity index is 3.13. The average Bonchev–Trinajstić information content (AvgIpc) is 2.18. The highest BCUT2D eigenvalue weighted by molar-refractivity contribution is 9.10. The van der Waals surface area contributed by atoms with Gasteiger partial charge in [-0.1, -0.05) is 31.5 Å². The predicted molar refractivity (Wildman–Crippen MR) is 69.0 cm³/mol. The predicted octanol–water partition coefficient (Wildman–Crippen LogP) is 4.38. The van der Waals surface area contributed by atoms with Crippen molar-refractivity contribution in [3.8, 4) is 0 Å². The van der Waals surface area contributed by atoms with Crippen LogP contribution in [0.1, 0.15) is 19.4 Å². The molecular formula is C11H11BrClNO2. The Hall–Kier alpha value is -0.870. The Labute approximate surface area is 107 Å². The van der Waals surface area contributed by atoms with Gasteiger partial charge in [-0.15, -0.1) is 0 Å². The van der Waals surface area contributed by atoms with Gasteiger partial charge in [0.05, 0.1) is 9.95 Å². The number of allylic oxidation sites excluding steroid dienone is 1. The first-order chi connectivity index (χ1) is 7.41. The number of halogens is 2. The summed E-state index contributed by atoms with van der Waals surface area (Å²) in [6.45, 7) is 3.57. The van der Waals surface area contributed by atoms with Gasteiger partial charge in [0.15, 0.2) is 0 Å². The van der Waals surface area contributed by atoms with Crippen LogP contribution in [0.5, 0.6) is 0 Å². The van der Waals surface area contributed by atoms with Crippen LogP contribution in [0.4, 0.5) is 0 Å². The molecule has 0 spiro atoms. The molecule has 0 aliphatic rings. The number of hydrogen-bond donors (Lipinski definition) is 0. The maximum atomic E-state index is 10.8. The molecule has 0 aliphatic carbocycles. The van der Waals surface area contributed by atoms with E-state index in [0.29, 0.717) is 5.02 Å². The van der Waals surface area contributed by atoms with E-state index in [1.54, 1.807) is 38.1 Å². The van der Waals surface area contributed by atoms with Crippen molar-refractivity contribution in [2.75, 3.05) is 0 Å². The van der Waals surface area contributed by atoms with Crippen LogP contribution in [0.25, 0.3) is 6.08 Å². The summed E-state index contributed by atoms with van der Waals surface area (Å²) in [5, 5.41) is 11.3. The van der Waals surface area contributed by atoms with Crippen LogP contribution < -0.4 is 0 Å². The molecule has 1 aromatic rings. The van der Waals surface area contributed by atoms with Gasteiger partial charge in [0.2, 0.25) is 5.70 Å². The second-order valence-electron chi connectivity index (χ2n) is 3.65. The van der Waals surface area contributed by atoms with Crippen LogP contribution in [-0.2, 0) is 0 Å². The lowest BCUT2D eigenvalue weighted by atomic mass is 10.1. The van der Waals surface area contributed by atoms with Gasteiger partial charge in [0.25, 0.3) is 0 Å². The lowest BCUT2D eigenvalue weighted by Gasteiger charge is -2.02. The minimum Gasteiger partial charge on any atom is -0.259 e. The van der Waals surface area contributed by atoms with Gasteiger partial charge >= 0.3 is 0 Å². The van der Waals surface area contributed by atoms with Gasteiger partial charge < -0.3 is 0 Å². The van der Waals surface area contributed by atoms with Gasteiger partial charge in [-0.2, -0.15) is 0 Å². The van der Waals surface area contributed by atoms with Crippen molar-refractivity contribution in [3.05, 3.63) is 49.1 Å². The van der Waals surface area contributed by atoms with Crippen molar-refractivity contribution in [2.45, 2.75) is 13.8 Å². The molecule has 0 bridgehead atoms. The summed E-state index contributed by atoms with van der Waals surface area (Å²) >= 11 is 9.18. The number of nitrogens with zero attached hydrogens (tertiary/aromatic N) is 1.